The molecule has 1 saturated heterocycles. The minimum absolute atomic E-state index is 0.256. The lowest BCUT2D eigenvalue weighted by Crippen LogP contribution is -2.46. The SMILES string of the molecule is CCC1(C)C(=O)NC(=O)N1Cc1cn(C)nn1. The molecule has 17 heavy (non-hydrogen) atoms. The minimum atomic E-state index is -0.797. The van der Waals surface area contributed by atoms with E-state index in [0.29, 0.717) is 12.1 Å². The third-order valence-corrected chi connectivity index (χ3v) is 3.21. The van der Waals surface area contributed by atoms with Crippen molar-refractivity contribution >= 4 is 11.9 Å². The number of hydrogen-bond donors (Lipinski definition) is 1. The zero-order valence-corrected chi connectivity index (χ0v) is 10.1. The molecule has 2 rings (SSSR count). The first-order valence-corrected chi connectivity index (χ1v) is 5.45. The molecule has 1 unspecified atom stereocenters. The van der Waals surface area contributed by atoms with E-state index in [1.54, 1.807) is 24.9 Å². The summed E-state index contributed by atoms with van der Waals surface area (Å²) in [7, 11) is 1.75. The number of imide groups is 1. The Labute approximate surface area is 98.8 Å². The zero-order valence-electron chi connectivity index (χ0n) is 10.1. The van der Waals surface area contributed by atoms with Gasteiger partial charge in [-0.1, -0.05) is 12.1 Å². The molecule has 7 nitrogen and oxygen atoms in total. The number of aromatic nitrogens is 3. The zero-order chi connectivity index (χ0) is 12.6. The summed E-state index contributed by atoms with van der Waals surface area (Å²) < 4.78 is 1.56. The summed E-state index contributed by atoms with van der Waals surface area (Å²) in [6, 6.07) is -0.370. The standard InChI is InChI=1S/C10H15N5O2/c1-4-10(2)8(16)11-9(17)15(10)6-7-5-14(3)13-12-7/h5H,4,6H2,1-3H3,(H,11,16,17). The highest BCUT2D eigenvalue weighted by atomic mass is 16.2. The first-order valence-electron chi connectivity index (χ1n) is 5.45. The van der Waals surface area contributed by atoms with Crippen LogP contribution in [0.2, 0.25) is 0 Å². The predicted octanol–water partition coefficient (Wildman–Crippen LogP) is 0.0356. The second kappa shape index (κ2) is 3.83. The number of rotatable bonds is 3. The van der Waals surface area contributed by atoms with Crippen LogP contribution in [0.3, 0.4) is 0 Å². The number of hydrogen-bond acceptors (Lipinski definition) is 4. The summed E-state index contributed by atoms with van der Waals surface area (Å²) in [6.07, 6.45) is 2.29. The second-order valence-corrected chi connectivity index (χ2v) is 4.36. The number of nitrogens with one attached hydrogen (secondary N) is 1. The molecule has 7 heteroatoms. The van der Waals surface area contributed by atoms with Crippen molar-refractivity contribution in [1.82, 2.24) is 25.2 Å². The molecule has 3 amide bonds. The Bertz CT molecular complexity index is 469. The molecule has 0 radical (unpaired) electrons. The molecular weight excluding hydrogens is 222 g/mol. The fourth-order valence-corrected chi connectivity index (χ4v) is 1.87. The molecule has 1 aromatic heterocycles. The molecule has 0 aromatic carbocycles. The van der Waals surface area contributed by atoms with Crippen LogP contribution in [-0.2, 0) is 18.4 Å². The average Bonchev–Trinajstić information content (AvgIpc) is 2.77. The van der Waals surface area contributed by atoms with E-state index in [0.717, 1.165) is 0 Å². The average molecular weight is 237 g/mol. The predicted molar refractivity (Wildman–Crippen MR) is 58.8 cm³/mol. The van der Waals surface area contributed by atoms with Gasteiger partial charge >= 0.3 is 6.03 Å². The maximum absolute atomic E-state index is 11.7. The van der Waals surface area contributed by atoms with Gasteiger partial charge in [0.05, 0.1) is 6.54 Å². The Hall–Kier alpha value is -1.92. The quantitative estimate of drug-likeness (QED) is 0.752. The fourth-order valence-electron chi connectivity index (χ4n) is 1.87. The molecule has 0 bridgehead atoms. The van der Waals surface area contributed by atoms with E-state index in [2.05, 4.69) is 15.6 Å². The molecule has 0 spiro atoms. The van der Waals surface area contributed by atoms with Crippen LogP contribution in [0.4, 0.5) is 4.79 Å². The Morgan fingerprint density at radius 2 is 2.18 bits per heavy atom. The number of carbonyl (C=O) groups excluding carboxylic acids is 2. The maximum Gasteiger partial charge on any atom is 0.325 e. The molecule has 1 N–H and O–H groups in total. The van der Waals surface area contributed by atoms with Gasteiger partial charge in [-0.25, -0.2) is 4.79 Å². The number of amides is 3. The molecule has 1 aromatic rings. The summed E-state index contributed by atoms with van der Waals surface area (Å²) in [5.41, 5.74) is -0.133. The molecule has 1 atom stereocenters. The topological polar surface area (TPSA) is 80.1 Å². The van der Waals surface area contributed by atoms with E-state index >= 15 is 0 Å². The van der Waals surface area contributed by atoms with Crippen molar-refractivity contribution in [3.63, 3.8) is 0 Å². The number of nitrogens with zero attached hydrogens (tertiary/aromatic N) is 4. The summed E-state index contributed by atoms with van der Waals surface area (Å²) in [4.78, 5) is 24.9. The molecule has 1 fully saturated rings. The second-order valence-electron chi connectivity index (χ2n) is 4.36. The third kappa shape index (κ3) is 1.77. The van der Waals surface area contributed by atoms with Crippen molar-refractivity contribution in [3.05, 3.63) is 11.9 Å². The largest absolute Gasteiger partial charge is 0.325 e. The van der Waals surface area contributed by atoms with Crippen molar-refractivity contribution < 1.29 is 9.59 Å². The highest BCUT2D eigenvalue weighted by Gasteiger charge is 2.47. The van der Waals surface area contributed by atoms with Crippen LogP contribution < -0.4 is 5.32 Å². The van der Waals surface area contributed by atoms with E-state index in [1.165, 1.54) is 4.90 Å². The molecule has 1 aliphatic rings. The smallest absolute Gasteiger partial charge is 0.304 e. The molecule has 92 valence electrons. The van der Waals surface area contributed by atoms with Crippen LogP contribution in [0, 0.1) is 0 Å². The molecule has 0 saturated carbocycles. The van der Waals surface area contributed by atoms with E-state index in [1.807, 2.05) is 6.92 Å². The normalized spacial score (nSPS) is 24.3. The fraction of sp³-hybridized carbons (Fsp3) is 0.600. The molecule has 2 heterocycles. The highest BCUT2D eigenvalue weighted by Crippen LogP contribution is 2.26. The van der Waals surface area contributed by atoms with Crippen molar-refractivity contribution in [3.8, 4) is 0 Å². The monoisotopic (exact) mass is 237 g/mol. The Kier molecular flexibility index (Phi) is 2.60. The Morgan fingerprint density at radius 3 is 2.71 bits per heavy atom. The molecule has 1 aliphatic heterocycles. The van der Waals surface area contributed by atoms with Gasteiger partial charge < -0.3 is 4.90 Å². The summed E-state index contributed by atoms with van der Waals surface area (Å²) >= 11 is 0. The van der Waals surface area contributed by atoms with Crippen molar-refractivity contribution in [2.24, 2.45) is 7.05 Å². The van der Waals surface area contributed by atoms with Gasteiger partial charge in [-0.15, -0.1) is 5.10 Å². The van der Waals surface area contributed by atoms with E-state index in [-0.39, 0.29) is 18.5 Å². The van der Waals surface area contributed by atoms with Crippen molar-refractivity contribution in [1.29, 1.82) is 0 Å². The third-order valence-electron chi connectivity index (χ3n) is 3.21. The molecular formula is C10H15N5O2. The van der Waals surface area contributed by atoms with Crippen LogP contribution in [0.15, 0.2) is 6.20 Å². The van der Waals surface area contributed by atoms with Gasteiger partial charge in [-0.05, 0) is 13.3 Å². The summed E-state index contributed by atoms with van der Waals surface area (Å²) in [5, 5.41) is 10.0. The van der Waals surface area contributed by atoms with Crippen LogP contribution >= 0.6 is 0 Å². The van der Waals surface area contributed by atoms with Crippen LogP contribution in [-0.4, -0.2) is 37.4 Å². The van der Waals surface area contributed by atoms with Gasteiger partial charge in [0.25, 0.3) is 5.91 Å². The number of aryl methyl sites for hydroxylation is 1. The lowest BCUT2D eigenvalue weighted by molar-refractivity contribution is -0.126. The van der Waals surface area contributed by atoms with Gasteiger partial charge in [-0.3, -0.25) is 14.8 Å². The van der Waals surface area contributed by atoms with Gasteiger partial charge in [0.1, 0.15) is 11.2 Å². The van der Waals surface area contributed by atoms with E-state index in [4.69, 9.17) is 0 Å². The Balaban J connectivity index is 2.24. The van der Waals surface area contributed by atoms with Crippen molar-refractivity contribution in [2.75, 3.05) is 0 Å². The van der Waals surface area contributed by atoms with Crippen LogP contribution in [0.5, 0.6) is 0 Å². The van der Waals surface area contributed by atoms with Crippen molar-refractivity contribution in [2.45, 2.75) is 32.4 Å². The lowest BCUT2D eigenvalue weighted by Gasteiger charge is -2.29. The lowest BCUT2D eigenvalue weighted by atomic mass is 9.97. The highest BCUT2D eigenvalue weighted by molar-refractivity contribution is 6.06. The van der Waals surface area contributed by atoms with E-state index < -0.39 is 5.54 Å². The number of urea groups is 1. The van der Waals surface area contributed by atoms with Crippen LogP contribution in [0.1, 0.15) is 26.0 Å². The number of carbonyl (C=O) groups is 2. The first-order chi connectivity index (χ1) is 7.97. The van der Waals surface area contributed by atoms with Gasteiger partial charge in [0.2, 0.25) is 0 Å². The summed E-state index contributed by atoms with van der Waals surface area (Å²) in [6.45, 7) is 3.92. The maximum atomic E-state index is 11.7. The van der Waals surface area contributed by atoms with Crippen LogP contribution in [0.25, 0.3) is 0 Å². The first kappa shape index (κ1) is 11.6. The van der Waals surface area contributed by atoms with Gasteiger partial charge in [0, 0.05) is 13.2 Å². The minimum Gasteiger partial charge on any atom is -0.304 e. The molecule has 0 aliphatic carbocycles. The van der Waals surface area contributed by atoms with E-state index in [9.17, 15) is 9.59 Å². The summed E-state index contributed by atoms with van der Waals surface area (Å²) in [5.74, 6) is -0.256. The van der Waals surface area contributed by atoms with Gasteiger partial charge in [0.15, 0.2) is 0 Å². The van der Waals surface area contributed by atoms with Gasteiger partial charge in [-0.2, -0.15) is 0 Å². The Morgan fingerprint density at radius 1 is 1.47 bits per heavy atom.